The van der Waals surface area contributed by atoms with E-state index in [1.54, 1.807) is 7.11 Å². The number of hydrogen-bond acceptors (Lipinski definition) is 3. The van der Waals surface area contributed by atoms with Crippen molar-refractivity contribution >= 4 is 38.4 Å². The summed E-state index contributed by atoms with van der Waals surface area (Å²) in [6.07, 6.45) is 0.875. The maximum atomic E-state index is 13.0. The number of amides is 1. The second-order valence-electron chi connectivity index (χ2n) is 6.46. The highest BCUT2D eigenvalue weighted by Crippen LogP contribution is 2.46. The van der Waals surface area contributed by atoms with Crippen LogP contribution in [0.1, 0.15) is 16.8 Å². The normalized spacial score (nSPS) is 21.3. The molecule has 5 rings (SSSR count). The average molecular weight is 398 g/mol. The van der Waals surface area contributed by atoms with Crippen molar-refractivity contribution in [3.63, 3.8) is 0 Å². The van der Waals surface area contributed by atoms with Gasteiger partial charge in [0.1, 0.15) is 5.75 Å². The summed E-state index contributed by atoms with van der Waals surface area (Å²) in [7, 11) is 1.66. The van der Waals surface area contributed by atoms with Gasteiger partial charge in [0.05, 0.1) is 12.8 Å². The Morgan fingerprint density at radius 1 is 1.20 bits per heavy atom. The zero-order chi connectivity index (χ0) is 17.2. The first-order chi connectivity index (χ1) is 12.1. The molecule has 2 aliphatic rings. The Morgan fingerprint density at radius 3 is 2.92 bits per heavy atom. The van der Waals surface area contributed by atoms with E-state index in [-0.39, 0.29) is 5.91 Å². The molecule has 2 aromatic carbocycles. The van der Waals surface area contributed by atoms with Gasteiger partial charge < -0.3 is 15.0 Å². The summed E-state index contributed by atoms with van der Waals surface area (Å²) < 4.78 is 6.30. The monoisotopic (exact) mass is 397 g/mol. The molecule has 1 aromatic heterocycles. The van der Waals surface area contributed by atoms with Gasteiger partial charge >= 0.3 is 0 Å². The van der Waals surface area contributed by atoms with E-state index in [0.29, 0.717) is 0 Å². The maximum Gasteiger partial charge on any atom is 0.255 e. The van der Waals surface area contributed by atoms with Gasteiger partial charge in [-0.1, -0.05) is 15.9 Å². The second-order valence-corrected chi connectivity index (χ2v) is 7.38. The van der Waals surface area contributed by atoms with Crippen molar-refractivity contribution in [2.45, 2.75) is 12.0 Å². The van der Waals surface area contributed by atoms with Crippen LogP contribution < -0.4 is 15.4 Å². The van der Waals surface area contributed by atoms with Crippen molar-refractivity contribution in [3.05, 3.63) is 57.7 Å². The number of H-pyrrole nitrogens is 1. The van der Waals surface area contributed by atoms with Gasteiger partial charge in [0, 0.05) is 39.2 Å². The molecule has 0 radical (unpaired) electrons. The van der Waals surface area contributed by atoms with E-state index in [0.717, 1.165) is 51.0 Å². The third-order valence-corrected chi connectivity index (χ3v) is 5.72. The number of carbonyl (C=O) groups is 1. The molecule has 1 spiro atoms. The standard InChI is InChI=1S/C19H16BrN3O2/c1-25-11-3-4-12-13-6-7-21-19(17(13)22-16(12)9-11)14-8-10(20)2-5-15(14)23-18(19)24/h2-5,8-9,21-22H,6-7H2,1H3,(H,23,24)/t19-/m1/s1. The fourth-order valence-electron chi connectivity index (χ4n) is 4.10. The third-order valence-electron chi connectivity index (χ3n) is 5.23. The summed E-state index contributed by atoms with van der Waals surface area (Å²) >= 11 is 3.53. The number of nitrogens with one attached hydrogen (secondary N) is 3. The van der Waals surface area contributed by atoms with Gasteiger partial charge in [-0.05, 0) is 42.3 Å². The number of aromatic nitrogens is 1. The minimum absolute atomic E-state index is 0.0416. The number of ether oxygens (including phenoxy) is 1. The van der Waals surface area contributed by atoms with E-state index in [2.05, 4.69) is 37.6 Å². The molecule has 0 unspecified atom stereocenters. The van der Waals surface area contributed by atoms with Crippen LogP contribution in [0.4, 0.5) is 5.69 Å². The molecule has 0 aliphatic carbocycles. The molecule has 0 fully saturated rings. The minimum atomic E-state index is -0.876. The summed E-state index contributed by atoms with van der Waals surface area (Å²) in [5.74, 6) is 0.757. The molecular weight excluding hydrogens is 382 g/mol. The van der Waals surface area contributed by atoms with Crippen molar-refractivity contribution in [3.8, 4) is 5.75 Å². The SMILES string of the molecule is COc1ccc2c3c([nH]c2c1)[C@@]1(NCC3)C(=O)Nc2ccc(Br)cc21. The fraction of sp³-hybridized carbons (Fsp3) is 0.211. The summed E-state index contributed by atoms with van der Waals surface area (Å²) in [6, 6.07) is 11.9. The van der Waals surface area contributed by atoms with Crippen LogP contribution in [0.15, 0.2) is 40.9 Å². The number of methoxy groups -OCH3 is 1. The van der Waals surface area contributed by atoms with Crippen LogP contribution in [0.25, 0.3) is 10.9 Å². The smallest absolute Gasteiger partial charge is 0.255 e. The van der Waals surface area contributed by atoms with Crippen molar-refractivity contribution in [1.29, 1.82) is 0 Å². The van der Waals surface area contributed by atoms with Gasteiger partial charge in [0.15, 0.2) is 5.54 Å². The molecule has 0 bridgehead atoms. The Labute approximate surface area is 152 Å². The Morgan fingerprint density at radius 2 is 2.08 bits per heavy atom. The first-order valence-electron chi connectivity index (χ1n) is 8.19. The highest BCUT2D eigenvalue weighted by molar-refractivity contribution is 9.10. The molecule has 126 valence electrons. The molecule has 1 amide bonds. The first-order valence-corrected chi connectivity index (χ1v) is 8.98. The number of carbonyl (C=O) groups excluding carboxylic acids is 1. The maximum absolute atomic E-state index is 13.0. The average Bonchev–Trinajstić information content (AvgIpc) is 3.12. The van der Waals surface area contributed by atoms with Gasteiger partial charge in [-0.2, -0.15) is 0 Å². The molecule has 5 nitrogen and oxygen atoms in total. The van der Waals surface area contributed by atoms with E-state index < -0.39 is 5.54 Å². The molecule has 1 atom stereocenters. The molecule has 3 heterocycles. The van der Waals surface area contributed by atoms with E-state index in [1.807, 2.05) is 30.3 Å². The zero-order valence-corrected chi connectivity index (χ0v) is 15.2. The van der Waals surface area contributed by atoms with Crippen LogP contribution in [-0.2, 0) is 16.8 Å². The zero-order valence-electron chi connectivity index (χ0n) is 13.6. The molecule has 25 heavy (non-hydrogen) atoms. The molecule has 3 N–H and O–H groups in total. The summed E-state index contributed by atoms with van der Waals surface area (Å²) in [4.78, 5) is 16.5. The Hall–Kier alpha value is -2.31. The van der Waals surface area contributed by atoms with Crippen molar-refractivity contribution < 1.29 is 9.53 Å². The summed E-state index contributed by atoms with van der Waals surface area (Å²) in [5, 5.41) is 7.65. The van der Waals surface area contributed by atoms with E-state index in [9.17, 15) is 4.79 Å². The highest BCUT2D eigenvalue weighted by Gasteiger charge is 2.52. The van der Waals surface area contributed by atoms with Crippen LogP contribution >= 0.6 is 15.9 Å². The minimum Gasteiger partial charge on any atom is -0.497 e. The molecule has 0 saturated carbocycles. The van der Waals surface area contributed by atoms with Gasteiger partial charge in [-0.25, -0.2) is 0 Å². The van der Waals surface area contributed by atoms with Crippen LogP contribution in [0, 0.1) is 0 Å². The van der Waals surface area contributed by atoms with Gasteiger partial charge in [-0.15, -0.1) is 0 Å². The number of anilines is 1. The number of rotatable bonds is 1. The van der Waals surface area contributed by atoms with Crippen LogP contribution in [0.5, 0.6) is 5.75 Å². The van der Waals surface area contributed by atoms with E-state index in [1.165, 1.54) is 5.56 Å². The fourth-order valence-corrected chi connectivity index (χ4v) is 4.46. The lowest BCUT2D eigenvalue weighted by Gasteiger charge is -2.33. The molecular formula is C19H16BrN3O2. The topological polar surface area (TPSA) is 66.1 Å². The molecule has 3 aromatic rings. The van der Waals surface area contributed by atoms with Gasteiger partial charge in [0.2, 0.25) is 0 Å². The van der Waals surface area contributed by atoms with Crippen molar-refractivity contribution in [1.82, 2.24) is 10.3 Å². The van der Waals surface area contributed by atoms with Crippen molar-refractivity contribution in [2.24, 2.45) is 0 Å². The number of fused-ring (bicyclic) bond motifs is 6. The number of benzene rings is 2. The first kappa shape index (κ1) is 15.0. The summed E-state index contributed by atoms with van der Waals surface area (Å²) in [5.41, 5.74) is 4.04. The third kappa shape index (κ3) is 1.89. The van der Waals surface area contributed by atoms with Crippen molar-refractivity contribution in [2.75, 3.05) is 19.0 Å². The summed E-state index contributed by atoms with van der Waals surface area (Å²) in [6.45, 7) is 0.741. The van der Waals surface area contributed by atoms with E-state index >= 15 is 0 Å². The number of aromatic amines is 1. The van der Waals surface area contributed by atoms with Crippen LogP contribution in [0.2, 0.25) is 0 Å². The Kier molecular flexibility index (Phi) is 3.05. The largest absolute Gasteiger partial charge is 0.497 e. The molecule has 0 saturated heterocycles. The molecule has 2 aliphatic heterocycles. The second kappa shape index (κ2) is 5.09. The molecule has 6 heteroatoms. The van der Waals surface area contributed by atoms with Crippen LogP contribution in [-0.4, -0.2) is 24.5 Å². The highest BCUT2D eigenvalue weighted by atomic mass is 79.9. The van der Waals surface area contributed by atoms with Gasteiger partial charge in [0.25, 0.3) is 5.91 Å². The van der Waals surface area contributed by atoms with E-state index in [4.69, 9.17) is 4.74 Å². The Balaban J connectivity index is 1.82. The van der Waals surface area contributed by atoms with Gasteiger partial charge in [-0.3, -0.25) is 10.1 Å². The quantitative estimate of drug-likeness (QED) is 0.590. The lowest BCUT2D eigenvalue weighted by Crippen LogP contribution is -2.53. The predicted octanol–water partition coefficient (Wildman–Crippen LogP) is 3.28. The van der Waals surface area contributed by atoms with Crippen LogP contribution in [0.3, 0.4) is 0 Å². The predicted molar refractivity (Wildman–Crippen MR) is 100 cm³/mol. The number of halogens is 1. The lowest BCUT2D eigenvalue weighted by atomic mass is 9.82. The lowest BCUT2D eigenvalue weighted by molar-refractivity contribution is -0.120. The Bertz CT molecular complexity index is 1040. The number of hydrogen-bond donors (Lipinski definition) is 3.